The van der Waals surface area contributed by atoms with Crippen molar-refractivity contribution in [2.24, 2.45) is 0 Å². The number of nitrogens with one attached hydrogen (secondary N) is 1. The van der Waals surface area contributed by atoms with E-state index in [9.17, 15) is 9.90 Å². The van der Waals surface area contributed by atoms with Crippen LogP contribution in [0.2, 0.25) is 5.02 Å². The maximum absolute atomic E-state index is 11.4. The van der Waals surface area contributed by atoms with Crippen LogP contribution in [0.1, 0.15) is 25.8 Å². The molecule has 1 aromatic carbocycles. The smallest absolute Gasteiger partial charge is 0.328 e. The molecule has 3 nitrogen and oxygen atoms in total. The van der Waals surface area contributed by atoms with Crippen LogP contribution in [0.25, 0.3) is 0 Å². The minimum atomic E-state index is -1.13. The maximum Gasteiger partial charge on any atom is 0.328 e. The van der Waals surface area contributed by atoms with E-state index in [0.717, 1.165) is 6.42 Å². The monoisotopic (exact) mass is 241 g/mol. The number of hydrogen-bond acceptors (Lipinski definition) is 2. The molecule has 0 aliphatic rings. The average Bonchev–Trinajstić information content (AvgIpc) is 2.26. The highest BCUT2D eigenvalue weighted by Crippen LogP contribution is 2.28. The normalized spacial score (nSPS) is 14.4. The Morgan fingerprint density at radius 3 is 2.62 bits per heavy atom. The molecular formula is C12H16ClNO2. The number of rotatable bonds is 5. The number of carboxylic acid groups (broad SMARTS) is 1. The zero-order valence-corrected chi connectivity index (χ0v) is 10.2. The lowest BCUT2D eigenvalue weighted by Gasteiger charge is -2.27. The largest absolute Gasteiger partial charge is 0.480 e. The molecule has 1 unspecified atom stereocenters. The van der Waals surface area contributed by atoms with Crippen LogP contribution in [-0.4, -0.2) is 17.6 Å². The molecule has 0 aliphatic carbocycles. The van der Waals surface area contributed by atoms with E-state index in [1.807, 2.05) is 6.92 Å². The number of carboxylic acids is 1. The Morgan fingerprint density at radius 1 is 1.50 bits per heavy atom. The van der Waals surface area contributed by atoms with Crippen LogP contribution in [0.15, 0.2) is 24.3 Å². The van der Waals surface area contributed by atoms with Gasteiger partial charge in [0, 0.05) is 10.6 Å². The molecule has 0 aromatic heterocycles. The minimum Gasteiger partial charge on any atom is -0.480 e. The lowest BCUT2D eigenvalue weighted by Crippen LogP contribution is -2.47. The second-order valence-corrected chi connectivity index (χ2v) is 4.24. The van der Waals surface area contributed by atoms with Crippen LogP contribution in [0, 0.1) is 0 Å². The van der Waals surface area contributed by atoms with E-state index in [1.165, 1.54) is 0 Å². The first-order chi connectivity index (χ1) is 7.52. The fourth-order valence-electron chi connectivity index (χ4n) is 1.53. The van der Waals surface area contributed by atoms with Gasteiger partial charge >= 0.3 is 5.97 Å². The summed E-state index contributed by atoms with van der Waals surface area (Å²) in [5, 5.41) is 12.8. The van der Waals surface area contributed by atoms with E-state index in [4.69, 9.17) is 11.6 Å². The Kier molecular flexibility index (Phi) is 4.33. The molecule has 0 spiro atoms. The van der Waals surface area contributed by atoms with Crippen LogP contribution in [-0.2, 0) is 10.3 Å². The van der Waals surface area contributed by atoms with Gasteiger partial charge < -0.3 is 5.11 Å². The van der Waals surface area contributed by atoms with E-state index in [-0.39, 0.29) is 0 Å². The molecule has 1 aromatic rings. The summed E-state index contributed by atoms with van der Waals surface area (Å²) in [5.41, 5.74) is -0.536. The van der Waals surface area contributed by atoms with Crippen molar-refractivity contribution in [1.82, 2.24) is 5.32 Å². The van der Waals surface area contributed by atoms with Crippen molar-refractivity contribution in [3.05, 3.63) is 34.9 Å². The summed E-state index contributed by atoms with van der Waals surface area (Å²) in [6.45, 7) is 4.25. The van der Waals surface area contributed by atoms with Gasteiger partial charge in [-0.25, -0.2) is 4.79 Å². The Hall–Kier alpha value is -1.06. The third-order valence-electron chi connectivity index (χ3n) is 2.57. The average molecular weight is 242 g/mol. The number of carbonyl (C=O) groups is 1. The molecule has 16 heavy (non-hydrogen) atoms. The third-order valence-corrected chi connectivity index (χ3v) is 2.90. The fraction of sp³-hybridized carbons (Fsp3) is 0.417. The standard InChI is InChI=1S/C12H16ClNO2/c1-3-8-14-12(2,11(15)16)9-6-4-5-7-10(9)13/h4-7,14H,3,8H2,1-2H3,(H,15,16). The number of hydrogen-bond donors (Lipinski definition) is 2. The van der Waals surface area contributed by atoms with Crippen LogP contribution in [0.3, 0.4) is 0 Å². The Bertz CT molecular complexity index is 381. The lowest BCUT2D eigenvalue weighted by atomic mass is 9.92. The van der Waals surface area contributed by atoms with E-state index in [0.29, 0.717) is 17.1 Å². The molecule has 1 atom stereocenters. The Morgan fingerprint density at radius 2 is 2.12 bits per heavy atom. The highest BCUT2D eigenvalue weighted by atomic mass is 35.5. The molecule has 88 valence electrons. The van der Waals surface area contributed by atoms with Gasteiger partial charge in [0.15, 0.2) is 0 Å². The van der Waals surface area contributed by atoms with Crippen molar-refractivity contribution in [2.75, 3.05) is 6.54 Å². The van der Waals surface area contributed by atoms with Gasteiger partial charge in [0.05, 0.1) is 0 Å². The number of benzene rings is 1. The minimum absolute atomic E-state index is 0.469. The predicted molar refractivity (Wildman–Crippen MR) is 64.7 cm³/mol. The van der Waals surface area contributed by atoms with Gasteiger partial charge in [-0.05, 0) is 26.0 Å². The second kappa shape index (κ2) is 5.32. The third kappa shape index (κ3) is 2.54. The van der Waals surface area contributed by atoms with Gasteiger partial charge in [0.2, 0.25) is 0 Å². The molecule has 0 radical (unpaired) electrons. The molecule has 0 saturated heterocycles. The van der Waals surface area contributed by atoms with Crippen molar-refractivity contribution in [1.29, 1.82) is 0 Å². The van der Waals surface area contributed by atoms with Gasteiger partial charge in [-0.15, -0.1) is 0 Å². The quantitative estimate of drug-likeness (QED) is 0.833. The van der Waals surface area contributed by atoms with Crippen LogP contribution >= 0.6 is 11.6 Å². The van der Waals surface area contributed by atoms with Crippen molar-refractivity contribution in [3.63, 3.8) is 0 Å². The molecule has 2 N–H and O–H groups in total. The molecule has 0 fully saturated rings. The SMILES string of the molecule is CCCNC(C)(C(=O)O)c1ccccc1Cl. The number of aliphatic carboxylic acids is 1. The zero-order chi connectivity index (χ0) is 12.2. The van der Waals surface area contributed by atoms with Crippen LogP contribution in [0.5, 0.6) is 0 Å². The van der Waals surface area contributed by atoms with Crippen molar-refractivity contribution in [3.8, 4) is 0 Å². The van der Waals surface area contributed by atoms with Crippen LogP contribution in [0.4, 0.5) is 0 Å². The van der Waals surface area contributed by atoms with E-state index >= 15 is 0 Å². The van der Waals surface area contributed by atoms with Gasteiger partial charge in [0.1, 0.15) is 5.54 Å². The highest BCUT2D eigenvalue weighted by molar-refractivity contribution is 6.31. The van der Waals surface area contributed by atoms with Crippen LogP contribution < -0.4 is 5.32 Å². The van der Waals surface area contributed by atoms with Gasteiger partial charge in [-0.3, -0.25) is 5.32 Å². The molecule has 0 heterocycles. The zero-order valence-electron chi connectivity index (χ0n) is 9.46. The number of halogens is 1. The molecular weight excluding hydrogens is 226 g/mol. The predicted octanol–water partition coefficient (Wildman–Crippen LogP) is 2.64. The molecule has 0 bridgehead atoms. The summed E-state index contributed by atoms with van der Waals surface area (Å²) in [7, 11) is 0. The topological polar surface area (TPSA) is 49.3 Å². The lowest BCUT2D eigenvalue weighted by molar-refractivity contribution is -0.144. The molecule has 4 heteroatoms. The summed E-state index contributed by atoms with van der Waals surface area (Å²) in [6, 6.07) is 7.01. The van der Waals surface area contributed by atoms with E-state index < -0.39 is 11.5 Å². The summed E-state index contributed by atoms with van der Waals surface area (Å²) in [6.07, 6.45) is 0.868. The van der Waals surface area contributed by atoms with Crippen molar-refractivity contribution in [2.45, 2.75) is 25.8 Å². The van der Waals surface area contributed by atoms with Crippen molar-refractivity contribution >= 4 is 17.6 Å². The van der Waals surface area contributed by atoms with Gasteiger partial charge in [-0.1, -0.05) is 36.7 Å². The van der Waals surface area contributed by atoms with Gasteiger partial charge in [0.25, 0.3) is 0 Å². The molecule has 1 rings (SSSR count). The summed E-state index contributed by atoms with van der Waals surface area (Å²) in [4.78, 5) is 11.4. The molecule has 0 aliphatic heterocycles. The first-order valence-electron chi connectivity index (χ1n) is 5.25. The first kappa shape index (κ1) is 13.0. The maximum atomic E-state index is 11.4. The Labute approximate surface area is 100 Å². The Balaban J connectivity index is 3.11. The first-order valence-corrected chi connectivity index (χ1v) is 5.63. The summed E-state index contributed by atoms with van der Waals surface area (Å²) < 4.78 is 0. The van der Waals surface area contributed by atoms with Gasteiger partial charge in [-0.2, -0.15) is 0 Å². The fourth-order valence-corrected chi connectivity index (χ4v) is 1.85. The molecule has 0 saturated carbocycles. The summed E-state index contributed by atoms with van der Waals surface area (Å²) >= 11 is 6.03. The highest BCUT2D eigenvalue weighted by Gasteiger charge is 2.35. The van der Waals surface area contributed by atoms with E-state index in [1.54, 1.807) is 31.2 Å². The van der Waals surface area contributed by atoms with E-state index in [2.05, 4.69) is 5.32 Å². The summed E-state index contributed by atoms with van der Waals surface area (Å²) in [5.74, 6) is -0.922. The molecule has 0 amide bonds. The van der Waals surface area contributed by atoms with Crippen molar-refractivity contribution < 1.29 is 9.90 Å². The second-order valence-electron chi connectivity index (χ2n) is 3.84.